The molecule has 1 aromatic heterocycles. The second-order valence-electron chi connectivity index (χ2n) is 0.830. The van der Waals surface area contributed by atoms with Crippen LogP contribution in [0.4, 0.5) is 0 Å². The van der Waals surface area contributed by atoms with Gasteiger partial charge in [-0.05, 0) is 0 Å². The van der Waals surface area contributed by atoms with Crippen LogP contribution in [0.25, 0.3) is 0 Å². The molecule has 1 aromatic rings. The van der Waals surface area contributed by atoms with Gasteiger partial charge in [-0.2, -0.15) is 5.10 Å². The Hall–Kier alpha value is -0.770. The topological polar surface area (TPSA) is 42.9 Å². The summed E-state index contributed by atoms with van der Waals surface area (Å²) in [5.41, 5.74) is 0. The SMILES string of the molecule is O=c1nnc[c]s1. The molecule has 0 aliphatic carbocycles. The summed E-state index contributed by atoms with van der Waals surface area (Å²) in [6.45, 7) is 0. The third-order valence-electron chi connectivity index (χ3n) is 0.396. The van der Waals surface area contributed by atoms with E-state index >= 15 is 0 Å². The minimum absolute atomic E-state index is 0.303. The lowest BCUT2D eigenvalue weighted by Crippen LogP contribution is -1.98. The number of aromatic nitrogens is 2. The van der Waals surface area contributed by atoms with Gasteiger partial charge in [-0.15, -0.1) is 0 Å². The summed E-state index contributed by atoms with van der Waals surface area (Å²) in [4.78, 5) is 9.78. The van der Waals surface area contributed by atoms with E-state index in [1.807, 2.05) is 0 Å². The zero-order valence-electron chi connectivity index (χ0n) is 3.29. The molecule has 0 saturated heterocycles. The smallest absolute Gasteiger partial charge is 0.253 e. The first-order chi connectivity index (χ1) is 3.39. The Morgan fingerprint density at radius 3 is 3.00 bits per heavy atom. The molecule has 1 radical (unpaired) electrons. The van der Waals surface area contributed by atoms with Crippen LogP contribution < -0.4 is 4.87 Å². The van der Waals surface area contributed by atoms with Gasteiger partial charge >= 0.3 is 4.87 Å². The fourth-order valence-electron chi connectivity index (χ4n) is 0.197. The third-order valence-corrected chi connectivity index (χ3v) is 0.876. The molecular formula is C3HN2OS. The lowest BCUT2D eigenvalue weighted by atomic mass is 11.0. The van der Waals surface area contributed by atoms with E-state index in [-0.39, 0.29) is 4.87 Å². The summed E-state index contributed by atoms with van der Waals surface area (Å²) in [5, 5.41) is 8.95. The molecule has 0 fully saturated rings. The standard InChI is InChI=1S/C3HN2OS/c6-3-5-4-1-2-7-3/h1H. The molecule has 0 N–H and O–H groups in total. The van der Waals surface area contributed by atoms with E-state index in [2.05, 4.69) is 15.6 Å². The van der Waals surface area contributed by atoms with Crippen LogP contribution in [0.3, 0.4) is 0 Å². The van der Waals surface area contributed by atoms with E-state index in [0.29, 0.717) is 0 Å². The van der Waals surface area contributed by atoms with Crippen molar-refractivity contribution in [1.82, 2.24) is 10.2 Å². The van der Waals surface area contributed by atoms with Crippen molar-refractivity contribution in [2.75, 3.05) is 0 Å². The first-order valence-electron chi connectivity index (χ1n) is 1.58. The van der Waals surface area contributed by atoms with Gasteiger partial charge in [0.15, 0.2) is 0 Å². The Kier molecular flexibility index (Phi) is 1.12. The monoisotopic (exact) mass is 113 g/mol. The van der Waals surface area contributed by atoms with E-state index in [0.717, 1.165) is 11.3 Å². The van der Waals surface area contributed by atoms with E-state index in [4.69, 9.17) is 0 Å². The zero-order chi connectivity index (χ0) is 5.11. The Bertz CT molecular complexity index is 179. The van der Waals surface area contributed by atoms with Crippen LogP contribution in [0, 0.1) is 5.38 Å². The van der Waals surface area contributed by atoms with Gasteiger partial charge in [0, 0.05) is 0 Å². The third kappa shape index (κ3) is 1.04. The van der Waals surface area contributed by atoms with Crippen molar-refractivity contribution < 1.29 is 0 Å². The lowest BCUT2D eigenvalue weighted by Gasteiger charge is -1.67. The van der Waals surface area contributed by atoms with Crippen LogP contribution in [0.1, 0.15) is 0 Å². The minimum atomic E-state index is -0.303. The molecule has 0 atom stereocenters. The molecule has 0 aliphatic rings. The van der Waals surface area contributed by atoms with E-state index < -0.39 is 0 Å². The molecule has 7 heavy (non-hydrogen) atoms. The summed E-state index contributed by atoms with van der Waals surface area (Å²) < 4.78 is 0. The minimum Gasteiger partial charge on any atom is -0.253 e. The Morgan fingerprint density at radius 1 is 1.86 bits per heavy atom. The molecule has 0 bridgehead atoms. The van der Waals surface area contributed by atoms with Gasteiger partial charge in [-0.1, -0.05) is 16.4 Å². The second kappa shape index (κ2) is 1.79. The van der Waals surface area contributed by atoms with Crippen LogP contribution in [-0.4, -0.2) is 10.2 Å². The first kappa shape index (κ1) is 4.39. The quantitative estimate of drug-likeness (QED) is 0.464. The van der Waals surface area contributed by atoms with Gasteiger partial charge in [0.1, 0.15) is 0 Å². The highest BCUT2D eigenvalue weighted by molar-refractivity contribution is 7.06. The number of hydrogen-bond donors (Lipinski definition) is 0. The van der Waals surface area contributed by atoms with E-state index in [9.17, 15) is 4.79 Å². The molecule has 0 aliphatic heterocycles. The van der Waals surface area contributed by atoms with Gasteiger partial charge in [0.2, 0.25) is 0 Å². The average molecular weight is 113 g/mol. The van der Waals surface area contributed by atoms with Crippen LogP contribution in [0.5, 0.6) is 0 Å². The van der Waals surface area contributed by atoms with Crippen LogP contribution in [0.2, 0.25) is 0 Å². The zero-order valence-corrected chi connectivity index (χ0v) is 4.10. The average Bonchev–Trinajstić information content (AvgIpc) is 1.69. The predicted molar refractivity (Wildman–Crippen MR) is 25.0 cm³/mol. The molecule has 1 rings (SSSR count). The van der Waals surface area contributed by atoms with Gasteiger partial charge < -0.3 is 0 Å². The fourth-order valence-corrected chi connectivity index (χ4v) is 0.485. The maximum Gasteiger partial charge on any atom is 0.345 e. The maximum absolute atomic E-state index is 10.1. The molecule has 0 amide bonds. The number of hydrogen-bond acceptors (Lipinski definition) is 4. The Balaban J connectivity index is 3.28. The van der Waals surface area contributed by atoms with Crippen molar-refractivity contribution in [2.24, 2.45) is 0 Å². The number of nitrogens with zero attached hydrogens (tertiary/aromatic N) is 2. The predicted octanol–water partition coefficient (Wildman–Crippen LogP) is -0.302. The highest BCUT2D eigenvalue weighted by atomic mass is 32.1. The van der Waals surface area contributed by atoms with Gasteiger partial charge in [0.05, 0.1) is 11.6 Å². The molecule has 4 heteroatoms. The van der Waals surface area contributed by atoms with E-state index in [1.165, 1.54) is 6.20 Å². The van der Waals surface area contributed by atoms with E-state index in [1.54, 1.807) is 0 Å². The lowest BCUT2D eigenvalue weighted by molar-refractivity contribution is 1.02. The maximum atomic E-state index is 10.1. The molecule has 1 heterocycles. The van der Waals surface area contributed by atoms with Crippen molar-refractivity contribution in [1.29, 1.82) is 0 Å². The highest BCUT2D eigenvalue weighted by Gasteiger charge is 1.75. The normalized spacial score (nSPS) is 8.57. The largest absolute Gasteiger partial charge is 0.345 e. The fraction of sp³-hybridized carbons (Fsp3) is 0. The summed E-state index contributed by atoms with van der Waals surface area (Å²) in [5.74, 6) is 0. The number of rotatable bonds is 0. The molecular weight excluding hydrogens is 112 g/mol. The summed E-state index contributed by atoms with van der Waals surface area (Å²) in [6.07, 6.45) is 1.35. The summed E-state index contributed by atoms with van der Waals surface area (Å²) in [6, 6.07) is 0. The molecule has 35 valence electrons. The van der Waals surface area contributed by atoms with Crippen LogP contribution >= 0.6 is 11.3 Å². The Labute approximate surface area is 43.7 Å². The molecule has 0 aromatic carbocycles. The summed E-state index contributed by atoms with van der Waals surface area (Å²) in [7, 11) is 0. The molecule has 0 saturated carbocycles. The highest BCUT2D eigenvalue weighted by Crippen LogP contribution is 1.71. The first-order valence-corrected chi connectivity index (χ1v) is 2.40. The van der Waals surface area contributed by atoms with Crippen molar-refractivity contribution >= 4 is 11.3 Å². The summed E-state index contributed by atoms with van der Waals surface area (Å²) >= 11 is 0.913. The van der Waals surface area contributed by atoms with Crippen LogP contribution in [0.15, 0.2) is 11.0 Å². The Morgan fingerprint density at radius 2 is 2.71 bits per heavy atom. The van der Waals surface area contributed by atoms with Crippen LogP contribution in [-0.2, 0) is 0 Å². The van der Waals surface area contributed by atoms with Crippen molar-refractivity contribution in [3.63, 3.8) is 0 Å². The molecule has 0 spiro atoms. The second-order valence-corrected chi connectivity index (χ2v) is 1.62. The molecule has 0 unspecified atom stereocenters. The van der Waals surface area contributed by atoms with Gasteiger partial charge in [-0.25, -0.2) is 0 Å². The van der Waals surface area contributed by atoms with Gasteiger partial charge in [-0.3, -0.25) is 4.79 Å². The van der Waals surface area contributed by atoms with Crippen molar-refractivity contribution in [3.05, 3.63) is 21.2 Å². The van der Waals surface area contributed by atoms with Crippen molar-refractivity contribution in [3.8, 4) is 0 Å². The molecule has 3 nitrogen and oxygen atoms in total. The van der Waals surface area contributed by atoms with Crippen molar-refractivity contribution in [2.45, 2.75) is 0 Å². The van der Waals surface area contributed by atoms with Gasteiger partial charge in [0.25, 0.3) is 0 Å².